The first-order chi connectivity index (χ1) is 14.3. The molecule has 1 aliphatic rings. The Balaban J connectivity index is 1.31. The second-order valence-corrected chi connectivity index (χ2v) is 7.86. The third kappa shape index (κ3) is 3.56. The van der Waals surface area contributed by atoms with Gasteiger partial charge in [-0.05, 0) is 29.9 Å². The van der Waals surface area contributed by atoms with E-state index in [9.17, 15) is 4.79 Å². The zero-order valence-electron chi connectivity index (χ0n) is 15.6. The van der Waals surface area contributed by atoms with Gasteiger partial charge in [0.05, 0.1) is 18.1 Å². The van der Waals surface area contributed by atoms with E-state index in [4.69, 9.17) is 0 Å². The maximum atomic E-state index is 13.0. The summed E-state index contributed by atoms with van der Waals surface area (Å²) in [5.74, 6) is 1.19. The third-order valence-electron chi connectivity index (χ3n) is 5.05. The molecule has 1 atom stereocenters. The topological polar surface area (TPSA) is 88.8 Å². The van der Waals surface area contributed by atoms with Crippen molar-refractivity contribution in [2.24, 2.45) is 0 Å². The van der Waals surface area contributed by atoms with Crippen LogP contribution in [0.3, 0.4) is 0 Å². The molecule has 29 heavy (non-hydrogen) atoms. The van der Waals surface area contributed by atoms with Crippen molar-refractivity contribution in [1.29, 1.82) is 0 Å². The number of hydrogen-bond acceptors (Lipinski definition) is 7. The first kappa shape index (κ1) is 17.7. The second-order valence-electron chi connectivity index (χ2n) is 6.96. The highest BCUT2D eigenvalue weighted by atomic mass is 32.1. The molecule has 0 aliphatic carbocycles. The summed E-state index contributed by atoms with van der Waals surface area (Å²) >= 11 is 1.58. The van der Waals surface area contributed by atoms with Gasteiger partial charge in [0.1, 0.15) is 23.0 Å². The molecule has 1 aliphatic heterocycles. The van der Waals surface area contributed by atoms with E-state index < -0.39 is 0 Å². The monoisotopic (exact) mass is 405 g/mol. The van der Waals surface area contributed by atoms with Crippen LogP contribution < -0.4 is 10.2 Å². The number of fused-ring (bicyclic) bond motifs is 1. The van der Waals surface area contributed by atoms with Crippen LogP contribution in [-0.2, 0) is 11.3 Å². The maximum absolute atomic E-state index is 13.0. The standard InChI is InChI=1S/C20H19N7OS/c28-19(23-17-12-26(25-24-17)11-14-5-2-1-3-6-14)16-7-4-9-27(16)18-15-8-10-29-20(15)22-13-21-18/h1-3,5-6,8,10,12-13,16H,4,7,9,11H2,(H,23,28)/t16-/m1/s1. The van der Waals surface area contributed by atoms with Gasteiger partial charge in [-0.3, -0.25) is 4.79 Å². The van der Waals surface area contributed by atoms with Gasteiger partial charge in [0.25, 0.3) is 0 Å². The zero-order valence-corrected chi connectivity index (χ0v) is 16.4. The van der Waals surface area contributed by atoms with E-state index in [1.54, 1.807) is 28.5 Å². The molecule has 8 nitrogen and oxygen atoms in total. The molecule has 0 unspecified atom stereocenters. The molecule has 4 aromatic rings. The van der Waals surface area contributed by atoms with Crippen molar-refractivity contribution < 1.29 is 4.79 Å². The van der Waals surface area contributed by atoms with Gasteiger partial charge in [0.15, 0.2) is 5.82 Å². The molecule has 0 bridgehead atoms. The summed E-state index contributed by atoms with van der Waals surface area (Å²) in [6.07, 6.45) is 5.04. The van der Waals surface area contributed by atoms with Crippen LogP contribution in [0.4, 0.5) is 11.6 Å². The predicted molar refractivity (Wildman–Crippen MR) is 112 cm³/mol. The maximum Gasteiger partial charge on any atom is 0.248 e. The average molecular weight is 405 g/mol. The Hall–Kier alpha value is -3.33. The molecule has 0 saturated carbocycles. The normalized spacial score (nSPS) is 16.4. The molecule has 0 radical (unpaired) electrons. The summed E-state index contributed by atoms with van der Waals surface area (Å²) < 4.78 is 1.72. The zero-order chi connectivity index (χ0) is 19.6. The van der Waals surface area contributed by atoms with Gasteiger partial charge in [-0.15, -0.1) is 16.4 Å². The summed E-state index contributed by atoms with van der Waals surface area (Å²) in [5, 5.41) is 14.1. The molecule has 1 aromatic carbocycles. The molecule has 1 N–H and O–H groups in total. The molecular formula is C20H19N7OS. The first-order valence-corrected chi connectivity index (χ1v) is 10.4. The average Bonchev–Trinajstić information content (AvgIpc) is 3.49. The van der Waals surface area contributed by atoms with Crippen molar-refractivity contribution in [2.75, 3.05) is 16.8 Å². The highest BCUT2D eigenvalue weighted by molar-refractivity contribution is 7.16. The quantitative estimate of drug-likeness (QED) is 0.549. The van der Waals surface area contributed by atoms with Crippen molar-refractivity contribution in [1.82, 2.24) is 25.0 Å². The third-order valence-corrected chi connectivity index (χ3v) is 5.87. The van der Waals surface area contributed by atoms with Crippen molar-refractivity contribution in [3.05, 3.63) is 59.9 Å². The van der Waals surface area contributed by atoms with Gasteiger partial charge >= 0.3 is 0 Å². The molecule has 1 amide bonds. The van der Waals surface area contributed by atoms with Crippen LogP contribution in [0.15, 0.2) is 54.3 Å². The van der Waals surface area contributed by atoms with E-state index in [0.29, 0.717) is 12.4 Å². The summed E-state index contributed by atoms with van der Waals surface area (Å²) in [5.41, 5.74) is 1.13. The lowest BCUT2D eigenvalue weighted by Gasteiger charge is -2.24. The van der Waals surface area contributed by atoms with Crippen molar-refractivity contribution in [3.8, 4) is 0 Å². The number of hydrogen-bond donors (Lipinski definition) is 1. The Morgan fingerprint density at radius 1 is 1.21 bits per heavy atom. The first-order valence-electron chi connectivity index (χ1n) is 9.48. The fourth-order valence-corrected chi connectivity index (χ4v) is 4.44. The Morgan fingerprint density at radius 2 is 2.10 bits per heavy atom. The predicted octanol–water partition coefficient (Wildman–Crippen LogP) is 2.94. The molecule has 146 valence electrons. The highest BCUT2D eigenvalue weighted by Crippen LogP contribution is 2.32. The van der Waals surface area contributed by atoms with Gasteiger partial charge in [0.2, 0.25) is 5.91 Å². The van der Waals surface area contributed by atoms with Gasteiger partial charge in [-0.1, -0.05) is 35.5 Å². The van der Waals surface area contributed by atoms with Crippen LogP contribution in [0.2, 0.25) is 0 Å². The summed E-state index contributed by atoms with van der Waals surface area (Å²) in [4.78, 5) is 24.7. The summed E-state index contributed by atoms with van der Waals surface area (Å²) in [6, 6.07) is 11.7. The van der Waals surface area contributed by atoms with Crippen LogP contribution >= 0.6 is 11.3 Å². The molecule has 9 heteroatoms. The molecule has 5 rings (SSSR count). The molecule has 1 fully saturated rings. The fraction of sp³-hybridized carbons (Fsp3) is 0.250. The van der Waals surface area contributed by atoms with Gasteiger partial charge in [-0.25, -0.2) is 14.6 Å². The van der Waals surface area contributed by atoms with Crippen LogP contribution in [0, 0.1) is 0 Å². The Bertz CT molecular complexity index is 1140. The molecule has 4 heterocycles. The SMILES string of the molecule is O=C(Nc1cn(Cc2ccccc2)nn1)[C@H]1CCCN1c1ncnc2sccc12. The smallest absolute Gasteiger partial charge is 0.248 e. The largest absolute Gasteiger partial charge is 0.344 e. The molecule has 3 aromatic heterocycles. The Morgan fingerprint density at radius 3 is 3.00 bits per heavy atom. The minimum Gasteiger partial charge on any atom is -0.344 e. The summed E-state index contributed by atoms with van der Waals surface area (Å²) in [7, 11) is 0. The lowest BCUT2D eigenvalue weighted by Crippen LogP contribution is -2.40. The number of carbonyl (C=O) groups excluding carboxylic acids is 1. The lowest BCUT2D eigenvalue weighted by atomic mass is 10.2. The van der Waals surface area contributed by atoms with Gasteiger partial charge in [0, 0.05) is 6.54 Å². The number of nitrogens with one attached hydrogen (secondary N) is 1. The van der Waals surface area contributed by atoms with E-state index >= 15 is 0 Å². The van der Waals surface area contributed by atoms with E-state index in [-0.39, 0.29) is 11.9 Å². The van der Waals surface area contributed by atoms with E-state index in [2.05, 4.69) is 30.5 Å². The van der Waals surface area contributed by atoms with Crippen LogP contribution in [0.5, 0.6) is 0 Å². The number of benzene rings is 1. The van der Waals surface area contributed by atoms with Crippen LogP contribution in [-0.4, -0.2) is 43.5 Å². The Labute approximate surface area is 171 Å². The van der Waals surface area contributed by atoms with Crippen molar-refractivity contribution >= 4 is 39.1 Å². The number of amides is 1. The second kappa shape index (κ2) is 7.59. The van der Waals surface area contributed by atoms with Crippen LogP contribution in [0.1, 0.15) is 18.4 Å². The minimum atomic E-state index is -0.285. The van der Waals surface area contributed by atoms with E-state index in [0.717, 1.165) is 41.0 Å². The minimum absolute atomic E-state index is 0.0868. The number of aromatic nitrogens is 5. The fourth-order valence-electron chi connectivity index (χ4n) is 3.71. The van der Waals surface area contributed by atoms with Crippen molar-refractivity contribution in [3.63, 3.8) is 0 Å². The van der Waals surface area contributed by atoms with Crippen LogP contribution in [0.25, 0.3) is 10.2 Å². The number of carbonyl (C=O) groups is 1. The van der Waals surface area contributed by atoms with Crippen molar-refractivity contribution in [2.45, 2.75) is 25.4 Å². The van der Waals surface area contributed by atoms with Gasteiger partial charge in [-0.2, -0.15) is 0 Å². The lowest BCUT2D eigenvalue weighted by molar-refractivity contribution is -0.117. The number of anilines is 2. The summed E-state index contributed by atoms with van der Waals surface area (Å²) in [6.45, 7) is 1.40. The molecular weight excluding hydrogens is 386 g/mol. The van der Waals surface area contributed by atoms with E-state index in [1.807, 2.05) is 41.8 Å². The number of nitrogens with zero attached hydrogens (tertiary/aromatic N) is 6. The Kier molecular flexibility index (Phi) is 4.65. The highest BCUT2D eigenvalue weighted by Gasteiger charge is 2.33. The number of thiophene rings is 1. The molecule has 1 saturated heterocycles. The van der Waals surface area contributed by atoms with Gasteiger partial charge < -0.3 is 10.2 Å². The number of rotatable bonds is 5. The van der Waals surface area contributed by atoms with E-state index in [1.165, 1.54) is 0 Å². The molecule has 0 spiro atoms.